The van der Waals surface area contributed by atoms with Gasteiger partial charge in [-0.3, -0.25) is 0 Å². The van der Waals surface area contributed by atoms with Crippen molar-refractivity contribution in [2.75, 3.05) is 134 Å². The van der Waals surface area contributed by atoms with Crippen LogP contribution in [0.25, 0.3) is 0 Å². The topological polar surface area (TPSA) is 152 Å². The van der Waals surface area contributed by atoms with Crippen LogP contribution < -0.4 is 16.0 Å². The van der Waals surface area contributed by atoms with Crippen molar-refractivity contribution in [2.45, 2.75) is 84.7 Å². The molecule has 0 saturated heterocycles. The number of unbranched alkanes of at least 4 members (excludes halogenated alkanes) is 1. The predicted molar refractivity (Wildman–Crippen MR) is 227 cm³/mol. The molecule has 0 amide bonds. The lowest BCUT2D eigenvalue weighted by molar-refractivity contribution is -0.149. The van der Waals surface area contributed by atoms with Crippen molar-refractivity contribution in [1.29, 1.82) is 0 Å². The fourth-order valence-corrected chi connectivity index (χ4v) is 5.14. The van der Waals surface area contributed by atoms with Gasteiger partial charge in [0.25, 0.3) is 0 Å². The SMILES string of the molecule is CCC(COCCCOC(=O)/C=C(/C)NCCCN(C)C)(COCCCOC(=O)/C=C(/C)NCCCN(C)C)OCCCOC(=O)/C=C(/C)NCCCCN(C)C. The van der Waals surface area contributed by atoms with Crippen molar-refractivity contribution in [2.24, 2.45) is 0 Å². The number of hydrogen-bond acceptors (Lipinski definition) is 15. The highest BCUT2D eigenvalue weighted by molar-refractivity contribution is 5.83. The van der Waals surface area contributed by atoms with Crippen LogP contribution in [0.2, 0.25) is 0 Å². The Hall–Kier alpha value is -3.21. The maximum Gasteiger partial charge on any atom is 0.332 e. The van der Waals surface area contributed by atoms with Gasteiger partial charge in [0.05, 0.1) is 39.6 Å². The number of carbonyl (C=O) groups excluding carboxylic acids is 3. The molecule has 0 spiro atoms. The quantitative estimate of drug-likeness (QED) is 0.0362. The first-order valence-corrected chi connectivity index (χ1v) is 20.7. The number of nitrogens with zero attached hydrogens (tertiary/aromatic N) is 3. The molecule has 0 aliphatic rings. The van der Waals surface area contributed by atoms with E-state index in [1.165, 1.54) is 18.2 Å². The lowest BCUT2D eigenvalue weighted by atomic mass is 10.0. The Bertz CT molecular complexity index is 1100. The summed E-state index contributed by atoms with van der Waals surface area (Å²) >= 11 is 0. The Morgan fingerprint density at radius 2 is 0.842 bits per heavy atom. The first-order valence-electron chi connectivity index (χ1n) is 20.7. The molecule has 0 aromatic carbocycles. The molecule has 0 bridgehead atoms. The van der Waals surface area contributed by atoms with Gasteiger partial charge in [0.2, 0.25) is 0 Å². The molecule has 0 aliphatic carbocycles. The fraction of sp³-hybridized carbons (Fsp3) is 0.786. The van der Waals surface area contributed by atoms with Crippen molar-refractivity contribution in [1.82, 2.24) is 30.7 Å². The number of allylic oxidation sites excluding steroid dienone is 3. The van der Waals surface area contributed by atoms with Crippen molar-refractivity contribution < 1.29 is 42.8 Å². The van der Waals surface area contributed by atoms with Gasteiger partial charge in [0.15, 0.2) is 0 Å². The first kappa shape index (κ1) is 53.8. The van der Waals surface area contributed by atoms with E-state index in [0.29, 0.717) is 45.5 Å². The molecule has 332 valence electrons. The minimum Gasteiger partial charge on any atom is -0.462 e. The highest BCUT2D eigenvalue weighted by Crippen LogP contribution is 2.19. The Morgan fingerprint density at radius 1 is 0.491 bits per heavy atom. The normalized spacial score (nSPS) is 12.7. The molecular weight excluding hydrogens is 732 g/mol. The lowest BCUT2D eigenvalue weighted by Crippen LogP contribution is -2.43. The van der Waals surface area contributed by atoms with Crippen molar-refractivity contribution in [3.63, 3.8) is 0 Å². The van der Waals surface area contributed by atoms with E-state index >= 15 is 0 Å². The third-order valence-electron chi connectivity index (χ3n) is 8.48. The Morgan fingerprint density at radius 3 is 1.21 bits per heavy atom. The van der Waals surface area contributed by atoms with Gasteiger partial charge in [-0.2, -0.15) is 0 Å². The number of carbonyl (C=O) groups is 3. The van der Waals surface area contributed by atoms with E-state index in [2.05, 4.69) is 44.7 Å². The number of rotatable bonds is 37. The van der Waals surface area contributed by atoms with Crippen LogP contribution in [0.5, 0.6) is 0 Å². The van der Waals surface area contributed by atoms with Crippen LogP contribution in [0.3, 0.4) is 0 Å². The second kappa shape index (κ2) is 34.8. The Balaban J connectivity index is 4.88. The van der Waals surface area contributed by atoms with Crippen LogP contribution in [0.15, 0.2) is 35.3 Å². The van der Waals surface area contributed by atoms with E-state index in [-0.39, 0.29) is 33.0 Å². The van der Waals surface area contributed by atoms with Crippen molar-refractivity contribution >= 4 is 17.9 Å². The molecule has 0 unspecified atom stereocenters. The van der Waals surface area contributed by atoms with Crippen molar-refractivity contribution in [3.05, 3.63) is 35.3 Å². The van der Waals surface area contributed by atoms with Gasteiger partial charge in [0, 0.05) is 87.4 Å². The molecule has 0 aromatic heterocycles. The van der Waals surface area contributed by atoms with Crippen LogP contribution in [0, 0.1) is 0 Å². The molecule has 0 fully saturated rings. The highest BCUT2D eigenvalue weighted by atomic mass is 16.6. The third-order valence-corrected chi connectivity index (χ3v) is 8.48. The summed E-state index contributed by atoms with van der Waals surface area (Å²) in [6.45, 7) is 15.1. The molecule has 15 nitrogen and oxygen atoms in total. The summed E-state index contributed by atoms with van der Waals surface area (Å²) in [5, 5.41) is 9.71. The second-order valence-electron chi connectivity index (χ2n) is 15.1. The molecule has 57 heavy (non-hydrogen) atoms. The van der Waals surface area contributed by atoms with E-state index in [0.717, 1.165) is 82.0 Å². The maximum atomic E-state index is 12.3. The minimum absolute atomic E-state index is 0.211. The smallest absolute Gasteiger partial charge is 0.332 e. The summed E-state index contributed by atoms with van der Waals surface area (Å²) in [5.74, 6) is -1.18. The second-order valence-corrected chi connectivity index (χ2v) is 15.1. The molecule has 0 saturated carbocycles. The molecule has 3 N–H and O–H groups in total. The van der Waals surface area contributed by atoms with Crippen LogP contribution in [0.4, 0.5) is 0 Å². The summed E-state index contributed by atoms with van der Waals surface area (Å²) in [5.41, 5.74) is 1.56. The van der Waals surface area contributed by atoms with E-state index in [9.17, 15) is 14.4 Å². The number of hydrogen-bond donors (Lipinski definition) is 3. The summed E-state index contributed by atoms with van der Waals surface area (Å²) in [6.07, 6.45) is 10.6. The van der Waals surface area contributed by atoms with E-state index in [1.54, 1.807) is 0 Å². The van der Waals surface area contributed by atoms with Gasteiger partial charge in [0.1, 0.15) is 5.60 Å². The number of esters is 3. The average molecular weight is 813 g/mol. The summed E-state index contributed by atoms with van der Waals surface area (Å²) in [6, 6.07) is 0. The molecule has 0 aromatic rings. The molecule has 0 radical (unpaired) electrons. The number of nitrogens with one attached hydrogen (secondary N) is 3. The number of ether oxygens (including phenoxy) is 6. The van der Waals surface area contributed by atoms with Crippen LogP contribution in [-0.2, 0) is 42.8 Å². The maximum absolute atomic E-state index is 12.3. The fourth-order valence-electron chi connectivity index (χ4n) is 5.14. The largest absolute Gasteiger partial charge is 0.462 e. The summed E-state index contributed by atoms with van der Waals surface area (Å²) in [4.78, 5) is 43.2. The van der Waals surface area contributed by atoms with E-state index < -0.39 is 23.5 Å². The summed E-state index contributed by atoms with van der Waals surface area (Å²) in [7, 11) is 12.2. The zero-order chi connectivity index (χ0) is 42.7. The predicted octanol–water partition coefficient (Wildman–Crippen LogP) is 3.71. The van der Waals surface area contributed by atoms with Gasteiger partial charge in [-0.25, -0.2) is 14.4 Å². The minimum atomic E-state index is -0.749. The lowest BCUT2D eigenvalue weighted by Gasteiger charge is -2.32. The average Bonchev–Trinajstić information content (AvgIpc) is 3.13. The van der Waals surface area contributed by atoms with Crippen LogP contribution in [-0.4, -0.2) is 173 Å². The summed E-state index contributed by atoms with van der Waals surface area (Å²) < 4.78 is 34.5. The first-order chi connectivity index (χ1) is 27.2. The van der Waals surface area contributed by atoms with E-state index in [1.807, 2.05) is 55.9 Å². The highest BCUT2D eigenvalue weighted by Gasteiger charge is 2.30. The zero-order valence-corrected chi connectivity index (χ0v) is 37.3. The van der Waals surface area contributed by atoms with Crippen LogP contribution >= 0.6 is 0 Å². The third kappa shape index (κ3) is 34.5. The van der Waals surface area contributed by atoms with Gasteiger partial charge in [-0.1, -0.05) is 6.92 Å². The molecule has 0 aliphatic heterocycles. The Kier molecular flexibility index (Phi) is 32.8. The van der Waals surface area contributed by atoms with E-state index in [4.69, 9.17) is 28.4 Å². The van der Waals surface area contributed by atoms with Crippen molar-refractivity contribution in [3.8, 4) is 0 Å². The van der Waals surface area contributed by atoms with Gasteiger partial charge < -0.3 is 59.1 Å². The monoisotopic (exact) mass is 813 g/mol. The molecular formula is C42H80N6O9. The molecule has 0 atom stereocenters. The van der Waals surface area contributed by atoms with Gasteiger partial charge >= 0.3 is 17.9 Å². The van der Waals surface area contributed by atoms with Gasteiger partial charge in [-0.15, -0.1) is 0 Å². The molecule has 0 heterocycles. The van der Waals surface area contributed by atoms with Crippen LogP contribution in [0.1, 0.15) is 79.1 Å². The van der Waals surface area contributed by atoms with Gasteiger partial charge in [-0.05, 0) is 115 Å². The zero-order valence-electron chi connectivity index (χ0n) is 37.3. The molecule has 0 rings (SSSR count). The standard InChI is InChI=1S/C42H80N6O9/c1-11-42(34-52-25-16-27-54-39(49)32-37(3)44-20-14-23-47(7)8,35-53-26-17-28-55-40(50)33-38(4)45-21-15-24-48(9)10)57-30-18-29-56-41(51)31-36(2)43-19-12-13-22-46(5)6/h31-33,43-45H,11-30,34-35H2,1-10H3/b36-31-,37-32-,38-33-. The molecule has 15 heteroatoms. The Labute approximate surface area is 345 Å².